The van der Waals surface area contributed by atoms with Crippen molar-refractivity contribution in [2.45, 2.75) is 129 Å². The third kappa shape index (κ3) is 19.6. The summed E-state index contributed by atoms with van der Waals surface area (Å²) < 4.78 is 0. The number of carbonyl (C=O) groups is 1. The van der Waals surface area contributed by atoms with Crippen LogP contribution < -0.4 is 5.32 Å². The fourth-order valence-corrected chi connectivity index (χ4v) is 3.17. The first-order chi connectivity index (χ1) is 12.2. The summed E-state index contributed by atoms with van der Waals surface area (Å²) in [6.45, 7) is 5.20. The zero-order valence-corrected chi connectivity index (χ0v) is 17.2. The normalized spacial score (nSPS) is 12.3. The molecule has 3 nitrogen and oxygen atoms in total. The standard InChI is InChI=1S/C22H45NO2/c1-3-5-7-14-17-21(24)18-15-12-10-8-9-11-13-16-19-22(25)23-20-6-4-2/h21,24H,3-20H2,1-2H3,(H,23,25). The maximum atomic E-state index is 11.5. The number of hydrogen-bond acceptors (Lipinski definition) is 2. The monoisotopic (exact) mass is 355 g/mol. The number of aliphatic hydroxyl groups excluding tert-OH is 1. The summed E-state index contributed by atoms with van der Waals surface area (Å²) in [7, 11) is 0. The molecule has 0 saturated carbocycles. The van der Waals surface area contributed by atoms with Gasteiger partial charge in [0.05, 0.1) is 6.10 Å². The molecule has 0 aliphatic heterocycles. The molecule has 0 rings (SSSR count). The van der Waals surface area contributed by atoms with Crippen molar-refractivity contribution >= 4 is 5.91 Å². The van der Waals surface area contributed by atoms with Crippen molar-refractivity contribution in [2.75, 3.05) is 6.54 Å². The third-order valence-electron chi connectivity index (χ3n) is 4.93. The number of nitrogens with one attached hydrogen (secondary N) is 1. The minimum Gasteiger partial charge on any atom is -0.393 e. The lowest BCUT2D eigenvalue weighted by atomic mass is 10.0. The fraction of sp³-hybridized carbons (Fsp3) is 0.955. The van der Waals surface area contributed by atoms with Gasteiger partial charge in [0.25, 0.3) is 0 Å². The highest BCUT2D eigenvalue weighted by Crippen LogP contribution is 2.14. The van der Waals surface area contributed by atoms with Gasteiger partial charge in [-0.25, -0.2) is 0 Å². The summed E-state index contributed by atoms with van der Waals surface area (Å²) in [6.07, 6.45) is 19.6. The van der Waals surface area contributed by atoms with E-state index in [1.807, 2.05) is 0 Å². The van der Waals surface area contributed by atoms with E-state index in [0.717, 1.165) is 38.6 Å². The van der Waals surface area contributed by atoms with Crippen molar-refractivity contribution in [3.63, 3.8) is 0 Å². The molecule has 0 bridgehead atoms. The maximum absolute atomic E-state index is 11.5. The van der Waals surface area contributed by atoms with E-state index in [9.17, 15) is 9.90 Å². The molecular formula is C22H45NO2. The van der Waals surface area contributed by atoms with Gasteiger partial charge in [-0.3, -0.25) is 4.79 Å². The lowest BCUT2D eigenvalue weighted by Gasteiger charge is -2.10. The second-order valence-corrected chi connectivity index (χ2v) is 7.57. The van der Waals surface area contributed by atoms with Gasteiger partial charge in [0.2, 0.25) is 5.91 Å². The Morgan fingerprint density at radius 2 is 1.20 bits per heavy atom. The van der Waals surface area contributed by atoms with E-state index in [0.29, 0.717) is 6.42 Å². The van der Waals surface area contributed by atoms with E-state index in [1.165, 1.54) is 70.6 Å². The summed E-state index contributed by atoms with van der Waals surface area (Å²) in [4.78, 5) is 11.5. The molecule has 0 aromatic carbocycles. The summed E-state index contributed by atoms with van der Waals surface area (Å²) in [6, 6.07) is 0. The van der Waals surface area contributed by atoms with E-state index in [2.05, 4.69) is 19.2 Å². The molecule has 25 heavy (non-hydrogen) atoms. The van der Waals surface area contributed by atoms with Crippen molar-refractivity contribution in [3.05, 3.63) is 0 Å². The van der Waals surface area contributed by atoms with Crippen LogP contribution in [0.5, 0.6) is 0 Å². The molecule has 0 aromatic heterocycles. The van der Waals surface area contributed by atoms with Crippen molar-refractivity contribution in [1.29, 1.82) is 0 Å². The lowest BCUT2D eigenvalue weighted by molar-refractivity contribution is -0.121. The van der Waals surface area contributed by atoms with E-state index in [4.69, 9.17) is 0 Å². The van der Waals surface area contributed by atoms with Gasteiger partial charge in [0.1, 0.15) is 0 Å². The SMILES string of the molecule is CCCCCCC(O)CCCCCCCCCCC(=O)NCCCC. The van der Waals surface area contributed by atoms with Crippen molar-refractivity contribution < 1.29 is 9.90 Å². The van der Waals surface area contributed by atoms with Gasteiger partial charge in [0.15, 0.2) is 0 Å². The van der Waals surface area contributed by atoms with Crippen molar-refractivity contribution in [1.82, 2.24) is 5.32 Å². The number of aliphatic hydroxyl groups is 1. The molecule has 150 valence electrons. The Hall–Kier alpha value is -0.570. The first-order valence-corrected chi connectivity index (χ1v) is 11.2. The van der Waals surface area contributed by atoms with Crippen molar-refractivity contribution in [2.24, 2.45) is 0 Å². The van der Waals surface area contributed by atoms with Crippen LogP contribution in [0.1, 0.15) is 123 Å². The zero-order chi connectivity index (χ0) is 18.6. The smallest absolute Gasteiger partial charge is 0.219 e. The van der Waals surface area contributed by atoms with Gasteiger partial charge in [0, 0.05) is 13.0 Å². The van der Waals surface area contributed by atoms with Gasteiger partial charge in [-0.05, 0) is 25.7 Å². The third-order valence-corrected chi connectivity index (χ3v) is 4.93. The Kier molecular flexibility index (Phi) is 19.3. The summed E-state index contributed by atoms with van der Waals surface area (Å²) in [5, 5.41) is 12.9. The molecule has 0 aliphatic rings. The van der Waals surface area contributed by atoms with Crippen LogP contribution in [0.25, 0.3) is 0 Å². The lowest BCUT2D eigenvalue weighted by Crippen LogP contribution is -2.23. The molecule has 0 fully saturated rings. The van der Waals surface area contributed by atoms with Gasteiger partial charge in [-0.15, -0.1) is 0 Å². The highest BCUT2D eigenvalue weighted by atomic mass is 16.3. The van der Waals surface area contributed by atoms with Gasteiger partial charge in [-0.1, -0.05) is 90.9 Å². The number of rotatable bonds is 19. The summed E-state index contributed by atoms with van der Waals surface area (Å²) in [5.41, 5.74) is 0. The first kappa shape index (κ1) is 24.4. The quantitative estimate of drug-likeness (QED) is 0.274. The van der Waals surface area contributed by atoms with Crippen LogP contribution in [-0.4, -0.2) is 23.7 Å². The van der Waals surface area contributed by atoms with Crippen LogP contribution in [0.4, 0.5) is 0 Å². The molecule has 0 heterocycles. The maximum Gasteiger partial charge on any atom is 0.219 e. The highest BCUT2D eigenvalue weighted by Gasteiger charge is 2.03. The number of amides is 1. The Morgan fingerprint density at radius 3 is 1.76 bits per heavy atom. The molecule has 0 spiro atoms. The molecule has 1 unspecified atom stereocenters. The van der Waals surface area contributed by atoms with Crippen LogP contribution in [-0.2, 0) is 4.79 Å². The summed E-state index contributed by atoms with van der Waals surface area (Å²) in [5.74, 6) is 0.224. The number of carbonyl (C=O) groups excluding carboxylic acids is 1. The topological polar surface area (TPSA) is 49.3 Å². The predicted octanol–water partition coefficient (Wildman–Crippen LogP) is 6.14. The molecule has 1 amide bonds. The minimum atomic E-state index is -0.0691. The zero-order valence-electron chi connectivity index (χ0n) is 17.2. The molecule has 0 aromatic rings. The second-order valence-electron chi connectivity index (χ2n) is 7.57. The van der Waals surface area contributed by atoms with E-state index in [1.54, 1.807) is 0 Å². The molecular weight excluding hydrogens is 310 g/mol. The Balaban J connectivity index is 3.19. The number of hydrogen-bond donors (Lipinski definition) is 2. The highest BCUT2D eigenvalue weighted by molar-refractivity contribution is 5.75. The molecule has 3 heteroatoms. The fourth-order valence-electron chi connectivity index (χ4n) is 3.17. The van der Waals surface area contributed by atoms with Crippen molar-refractivity contribution in [3.8, 4) is 0 Å². The van der Waals surface area contributed by atoms with E-state index in [-0.39, 0.29) is 12.0 Å². The van der Waals surface area contributed by atoms with Gasteiger partial charge >= 0.3 is 0 Å². The Morgan fingerprint density at radius 1 is 0.720 bits per heavy atom. The van der Waals surface area contributed by atoms with Crippen LogP contribution in [0.15, 0.2) is 0 Å². The van der Waals surface area contributed by atoms with E-state index < -0.39 is 0 Å². The summed E-state index contributed by atoms with van der Waals surface area (Å²) >= 11 is 0. The predicted molar refractivity (Wildman–Crippen MR) is 109 cm³/mol. The Bertz CT molecular complexity index is 281. The molecule has 1 atom stereocenters. The molecule has 0 radical (unpaired) electrons. The largest absolute Gasteiger partial charge is 0.393 e. The number of unbranched alkanes of at least 4 members (excludes halogenated alkanes) is 11. The molecule has 0 aliphatic carbocycles. The van der Waals surface area contributed by atoms with E-state index >= 15 is 0 Å². The van der Waals surface area contributed by atoms with Gasteiger partial charge in [-0.2, -0.15) is 0 Å². The van der Waals surface area contributed by atoms with Crippen LogP contribution in [0.3, 0.4) is 0 Å². The van der Waals surface area contributed by atoms with Gasteiger partial charge < -0.3 is 10.4 Å². The minimum absolute atomic E-state index is 0.0691. The van der Waals surface area contributed by atoms with Crippen LogP contribution >= 0.6 is 0 Å². The van der Waals surface area contributed by atoms with Crippen LogP contribution in [0, 0.1) is 0 Å². The molecule has 2 N–H and O–H groups in total. The molecule has 0 saturated heterocycles. The Labute approximate surface area is 157 Å². The average Bonchev–Trinajstić information content (AvgIpc) is 2.60. The second kappa shape index (κ2) is 19.8. The average molecular weight is 356 g/mol. The first-order valence-electron chi connectivity index (χ1n) is 11.2. The van der Waals surface area contributed by atoms with Crippen LogP contribution in [0.2, 0.25) is 0 Å².